The van der Waals surface area contributed by atoms with E-state index in [4.69, 9.17) is 4.74 Å². The van der Waals surface area contributed by atoms with E-state index < -0.39 is 0 Å². The van der Waals surface area contributed by atoms with E-state index in [1.807, 2.05) is 6.21 Å². The van der Waals surface area contributed by atoms with E-state index in [-0.39, 0.29) is 0 Å². The molecule has 1 saturated heterocycles. The minimum absolute atomic E-state index is 0.807. The van der Waals surface area contributed by atoms with Crippen LogP contribution < -0.4 is 4.90 Å². The van der Waals surface area contributed by atoms with E-state index in [0.29, 0.717) is 0 Å². The van der Waals surface area contributed by atoms with E-state index in [0.717, 1.165) is 37.6 Å². The number of ether oxygens (including phenoxy) is 1. The third-order valence-electron chi connectivity index (χ3n) is 4.51. The second-order valence-electron chi connectivity index (χ2n) is 6.09. The zero-order chi connectivity index (χ0) is 16.4. The van der Waals surface area contributed by atoms with Crippen LogP contribution in [0.4, 0.5) is 11.4 Å². The molecular weight excluding hydrogens is 298 g/mol. The molecule has 0 amide bonds. The number of nitrogens with zero attached hydrogens (tertiary/aromatic N) is 3. The molecule has 2 heterocycles. The Balaban J connectivity index is 1.55. The molecule has 4 rings (SSSR count). The number of aryl methyl sites for hydroxylation is 1. The van der Waals surface area contributed by atoms with Crippen LogP contribution in [0.5, 0.6) is 0 Å². The maximum atomic E-state index is 5.40. The van der Waals surface area contributed by atoms with E-state index in [1.54, 1.807) is 0 Å². The highest BCUT2D eigenvalue weighted by Gasteiger charge is 2.10. The lowest BCUT2D eigenvalue weighted by Crippen LogP contribution is -2.36. The fourth-order valence-corrected chi connectivity index (χ4v) is 3.19. The highest BCUT2D eigenvalue weighted by atomic mass is 16.5. The third-order valence-corrected chi connectivity index (χ3v) is 4.51. The van der Waals surface area contributed by atoms with Crippen molar-refractivity contribution in [3.8, 4) is 0 Å². The van der Waals surface area contributed by atoms with Gasteiger partial charge in [0.25, 0.3) is 0 Å². The largest absolute Gasteiger partial charge is 0.378 e. The number of anilines is 1. The molecule has 4 nitrogen and oxygen atoms in total. The topological polar surface area (TPSA) is 29.8 Å². The zero-order valence-electron chi connectivity index (χ0n) is 13.9. The van der Waals surface area contributed by atoms with E-state index in [1.165, 1.54) is 16.6 Å². The van der Waals surface area contributed by atoms with Gasteiger partial charge in [0.1, 0.15) is 0 Å². The van der Waals surface area contributed by atoms with Gasteiger partial charge in [0, 0.05) is 54.7 Å². The van der Waals surface area contributed by atoms with Gasteiger partial charge in [-0.3, -0.25) is 4.99 Å². The van der Waals surface area contributed by atoms with Crippen molar-refractivity contribution < 1.29 is 4.74 Å². The van der Waals surface area contributed by atoms with Gasteiger partial charge in [-0.05, 0) is 30.3 Å². The lowest BCUT2D eigenvalue weighted by molar-refractivity contribution is 0.122. The third kappa shape index (κ3) is 2.93. The van der Waals surface area contributed by atoms with Crippen molar-refractivity contribution in [3.05, 3.63) is 60.3 Å². The predicted octanol–water partition coefficient (Wildman–Crippen LogP) is 3.77. The van der Waals surface area contributed by atoms with Crippen LogP contribution in [0.2, 0.25) is 0 Å². The van der Waals surface area contributed by atoms with Crippen LogP contribution >= 0.6 is 0 Å². The maximum Gasteiger partial charge on any atom is 0.0642 e. The fourth-order valence-electron chi connectivity index (χ4n) is 3.19. The van der Waals surface area contributed by atoms with E-state index >= 15 is 0 Å². The molecule has 1 fully saturated rings. The van der Waals surface area contributed by atoms with Gasteiger partial charge < -0.3 is 14.2 Å². The van der Waals surface area contributed by atoms with Gasteiger partial charge in [0.15, 0.2) is 0 Å². The Labute approximate surface area is 142 Å². The summed E-state index contributed by atoms with van der Waals surface area (Å²) >= 11 is 0. The minimum atomic E-state index is 0.807. The van der Waals surface area contributed by atoms with Crippen LogP contribution in [0.1, 0.15) is 5.56 Å². The van der Waals surface area contributed by atoms with Gasteiger partial charge in [0.05, 0.1) is 18.9 Å². The number of fused-ring (bicyclic) bond motifs is 1. The first-order valence-corrected chi connectivity index (χ1v) is 8.32. The first kappa shape index (κ1) is 15.0. The van der Waals surface area contributed by atoms with Gasteiger partial charge in [0.2, 0.25) is 0 Å². The summed E-state index contributed by atoms with van der Waals surface area (Å²) in [7, 11) is 2.07. The molecule has 1 aliphatic heterocycles. The van der Waals surface area contributed by atoms with Crippen LogP contribution in [0.25, 0.3) is 10.9 Å². The standard InChI is InChI=1S/C20H21N3O/c1-22-15-16(19-4-2-3-5-20(19)22)14-21-17-6-8-18(9-7-17)23-10-12-24-13-11-23/h2-9,14-15H,10-13H2,1H3. The van der Waals surface area contributed by atoms with Crippen molar-refractivity contribution in [1.82, 2.24) is 4.57 Å². The number of benzene rings is 2. The number of hydrogen-bond acceptors (Lipinski definition) is 3. The van der Waals surface area contributed by atoms with Crippen LogP contribution in [-0.4, -0.2) is 37.1 Å². The predicted molar refractivity (Wildman–Crippen MR) is 99.6 cm³/mol. The average Bonchev–Trinajstić information content (AvgIpc) is 2.98. The summed E-state index contributed by atoms with van der Waals surface area (Å²) in [5, 5.41) is 1.23. The maximum absolute atomic E-state index is 5.40. The van der Waals surface area contributed by atoms with Crippen LogP contribution in [0, 0.1) is 0 Å². The second kappa shape index (κ2) is 6.49. The molecule has 0 bridgehead atoms. The second-order valence-corrected chi connectivity index (χ2v) is 6.09. The molecule has 0 saturated carbocycles. The van der Waals surface area contributed by atoms with Crippen LogP contribution in [-0.2, 0) is 11.8 Å². The summed E-state index contributed by atoms with van der Waals surface area (Å²) in [6, 6.07) is 16.8. The van der Waals surface area contributed by atoms with E-state index in [2.05, 4.69) is 76.2 Å². The van der Waals surface area contributed by atoms with Gasteiger partial charge >= 0.3 is 0 Å². The van der Waals surface area contributed by atoms with Gasteiger partial charge in [-0.15, -0.1) is 0 Å². The molecule has 1 aliphatic rings. The fraction of sp³-hybridized carbons (Fsp3) is 0.250. The van der Waals surface area contributed by atoms with Gasteiger partial charge in [-0.1, -0.05) is 18.2 Å². The number of morpholine rings is 1. The Hall–Kier alpha value is -2.59. The number of rotatable bonds is 3. The highest BCUT2D eigenvalue weighted by molar-refractivity contribution is 6.00. The number of hydrogen-bond donors (Lipinski definition) is 0. The first-order valence-electron chi connectivity index (χ1n) is 8.32. The summed E-state index contributed by atoms with van der Waals surface area (Å²) in [5.74, 6) is 0. The Kier molecular flexibility index (Phi) is 4.05. The summed E-state index contributed by atoms with van der Waals surface area (Å²) in [6.45, 7) is 3.53. The molecule has 24 heavy (non-hydrogen) atoms. The Morgan fingerprint density at radius 3 is 2.54 bits per heavy atom. The van der Waals surface area contributed by atoms with Crippen molar-refractivity contribution in [1.29, 1.82) is 0 Å². The molecule has 2 aromatic carbocycles. The molecule has 122 valence electrons. The molecule has 3 aromatic rings. The summed E-state index contributed by atoms with van der Waals surface area (Å²) in [6.07, 6.45) is 4.07. The van der Waals surface area contributed by atoms with Crippen molar-refractivity contribution in [2.24, 2.45) is 12.0 Å². The molecule has 0 spiro atoms. The Morgan fingerprint density at radius 2 is 1.75 bits per heavy atom. The highest BCUT2D eigenvalue weighted by Crippen LogP contribution is 2.22. The Bertz CT molecular complexity index is 858. The normalized spacial score (nSPS) is 15.5. The van der Waals surface area contributed by atoms with Crippen LogP contribution in [0.15, 0.2) is 59.7 Å². The Morgan fingerprint density at radius 1 is 1.00 bits per heavy atom. The molecule has 4 heteroatoms. The van der Waals surface area contributed by atoms with E-state index in [9.17, 15) is 0 Å². The quantitative estimate of drug-likeness (QED) is 0.688. The van der Waals surface area contributed by atoms with Gasteiger partial charge in [-0.25, -0.2) is 0 Å². The molecule has 0 N–H and O–H groups in total. The number of aromatic nitrogens is 1. The molecule has 0 radical (unpaired) electrons. The molecular formula is C20H21N3O. The van der Waals surface area contributed by atoms with Gasteiger partial charge in [-0.2, -0.15) is 0 Å². The van der Waals surface area contributed by atoms with Crippen molar-refractivity contribution in [2.75, 3.05) is 31.2 Å². The summed E-state index contributed by atoms with van der Waals surface area (Å²) < 4.78 is 7.54. The number of para-hydroxylation sites is 1. The lowest BCUT2D eigenvalue weighted by Gasteiger charge is -2.28. The first-order chi connectivity index (χ1) is 11.8. The van der Waals surface area contributed by atoms with Crippen LogP contribution in [0.3, 0.4) is 0 Å². The number of aliphatic imine (C=N–C) groups is 1. The molecule has 0 atom stereocenters. The van der Waals surface area contributed by atoms with Crippen molar-refractivity contribution in [3.63, 3.8) is 0 Å². The molecule has 1 aromatic heterocycles. The van der Waals surface area contributed by atoms with Crippen molar-refractivity contribution >= 4 is 28.5 Å². The summed E-state index contributed by atoms with van der Waals surface area (Å²) in [4.78, 5) is 6.99. The lowest BCUT2D eigenvalue weighted by atomic mass is 10.2. The molecule has 0 unspecified atom stereocenters. The molecule has 0 aliphatic carbocycles. The minimum Gasteiger partial charge on any atom is -0.378 e. The summed E-state index contributed by atoms with van der Waals surface area (Å²) in [5.41, 5.74) is 4.58. The zero-order valence-corrected chi connectivity index (χ0v) is 13.9. The monoisotopic (exact) mass is 319 g/mol. The van der Waals surface area contributed by atoms with Crippen molar-refractivity contribution in [2.45, 2.75) is 0 Å². The average molecular weight is 319 g/mol. The SMILES string of the molecule is Cn1cc(C=Nc2ccc(N3CCOCC3)cc2)c2ccccc21. The smallest absolute Gasteiger partial charge is 0.0642 e.